The zero-order valence-electron chi connectivity index (χ0n) is 14.8. The Hall–Kier alpha value is -1.84. The monoisotopic (exact) mass is 328 g/mol. The molecule has 2 heterocycles. The van der Waals surface area contributed by atoms with Gasteiger partial charge in [0.1, 0.15) is 5.54 Å². The van der Waals surface area contributed by atoms with Crippen LogP contribution in [0.5, 0.6) is 0 Å². The van der Waals surface area contributed by atoms with E-state index in [0.29, 0.717) is 18.0 Å². The summed E-state index contributed by atoms with van der Waals surface area (Å²) < 4.78 is 0. The largest absolute Gasteiger partial charge is 0.340 e. The van der Waals surface area contributed by atoms with Crippen molar-refractivity contribution in [2.24, 2.45) is 5.92 Å². The van der Waals surface area contributed by atoms with Crippen LogP contribution < -0.4 is 0 Å². The first-order chi connectivity index (χ1) is 11.5. The van der Waals surface area contributed by atoms with Gasteiger partial charge in [0.25, 0.3) is 5.91 Å². The van der Waals surface area contributed by atoms with Gasteiger partial charge in [-0.05, 0) is 57.1 Å². The molecular weight excluding hydrogens is 300 g/mol. The van der Waals surface area contributed by atoms with Crippen LogP contribution >= 0.6 is 0 Å². The number of nitrogens with zero attached hydrogens (tertiary/aromatic N) is 2. The molecule has 0 radical (unpaired) electrons. The van der Waals surface area contributed by atoms with E-state index in [1.165, 1.54) is 6.42 Å². The molecule has 0 saturated carbocycles. The van der Waals surface area contributed by atoms with E-state index in [0.717, 1.165) is 38.8 Å². The lowest BCUT2D eigenvalue weighted by molar-refractivity contribution is -0.145. The van der Waals surface area contributed by atoms with Gasteiger partial charge in [0.05, 0.1) is 0 Å². The maximum atomic E-state index is 13.3. The molecule has 1 aromatic carbocycles. The zero-order valence-corrected chi connectivity index (χ0v) is 14.8. The third kappa shape index (κ3) is 3.19. The molecule has 3 rings (SSSR count). The molecule has 24 heavy (non-hydrogen) atoms. The molecule has 2 amide bonds. The minimum Gasteiger partial charge on any atom is -0.340 e. The molecule has 2 saturated heterocycles. The first kappa shape index (κ1) is 17.0. The summed E-state index contributed by atoms with van der Waals surface area (Å²) >= 11 is 0. The standard InChI is InChI=1S/C20H28N2O2/c1-16-9-8-13-21(15-16)19(24)20(2)12-6-7-14-22(20)18(23)17-10-4-3-5-11-17/h3-5,10-11,16H,6-9,12-15H2,1-2H3/t16-,20-/m1/s1. The van der Waals surface area contributed by atoms with Gasteiger partial charge in [0, 0.05) is 25.2 Å². The second-order valence-electron chi connectivity index (χ2n) is 7.55. The van der Waals surface area contributed by atoms with Crippen LogP contribution in [0.25, 0.3) is 0 Å². The van der Waals surface area contributed by atoms with Gasteiger partial charge in [-0.25, -0.2) is 0 Å². The number of benzene rings is 1. The Morgan fingerprint density at radius 2 is 1.83 bits per heavy atom. The molecule has 1 aromatic rings. The van der Waals surface area contributed by atoms with Gasteiger partial charge in [0.2, 0.25) is 5.91 Å². The van der Waals surface area contributed by atoms with E-state index >= 15 is 0 Å². The molecule has 130 valence electrons. The van der Waals surface area contributed by atoms with Crippen LogP contribution in [0.4, 0.5) is 0 Å². The van der Waals surface area contributed by atoms with Crippen LogP contribution in [0.15, 0.2) is 30.3 Å². The van der Waals surface area contributed by atoms with E-state index in [4.69, 9.17) is 0 Å². The molecular formula is C20H28N2O2. The van der Waals surface area contributed by atoms with Crippen LogP contribution in [0.2, 0.25) is 0 Å². The van der Waals surface area contributed by atoms with E-state index in [1.807, 2.05) is 47.1 Å². The van der Waals surface area contributed by atoms with Crippen LogP contribution in [0.3, 0.4) is 0 Å². The van der Waals surface area contributed by atoms with E-state index in [1.54, 1.807) is 0 Å². The van der Waals surface area contributed by atoms with Gasteiger partial charge in [-0.3, -0.25) is 9.59 Å². The second-order valence-corrected chi connectivity index (χ2v) is 7.55. The summed E-state index contributed by atoms with van der Waals surface area (Å²) in [5.41, 5.74) is -0.0344. The molecule has 0 aliphatic carbocycles. The molecule has 0 N–H and O–H groups in total. The zero-order chi connectivity index (χ0) is 17.2. The van der Waals surface area contributed by atoms with Crippen molar-refractivity contribution in [1.29, 1.82) is 0 Å². The van der Waals surface area contributed by atoms with E-state index in [9.17, 15) is 9.59 Å². The van der Waals surface area contributed by atoms with Gasteiger partial charge in [-0.2, -0.15) is 0 Å². The Kier molecular flexibility index (Phi) is 4.93. The van der Waals surface area contributed by atoms with Gasteiger partial charge in [-0.15, -0.1) is 0 Å². The summed E-state index contributed by atoms with van der Waals surface area (Å²) in [4.78, 5) is 30.1. The lowest BCUT2D eigenvalue weighted by Crippen LogP contribution is -2.62. The van der Waals surface area contributed by atoms with Crippen LogP contribution in [-0.4, -0.2) is 46.8 Å². The van der Waals surface area contributed by atoms with E-state index in [2.05, 4.69) is 6.92 Å². The van der Waals surface area contributed by atoms with Crippen molar-refractivity contribution in [1.82, 2.24) is 9.80 Å². The van der Waals surface area contributed by atoms with Crippen LogP contribution in [0, 0.1) is 5.92 Å². The Bertz CT molecular complexity index is 601. The number of amides is 2. The fourth-order valence-electron chi connectivity index (χ4n) is 4.12. The fourth-order valence-corrected chi connectivity index (χ4v) is 4.12. The summed E-state index contributed by atoms with van der Waals surface area (Å²) in [6.07, 6.45) is 4.99. The number of carbonyl (C=O) groups excluding carboxylic acids is 2. The number of likely N-dealkylation sites (tertiary alicyclic amines) is 2. The van der Waals surface area contributed by atoms with E-state index in [-0.39, 0.29) is 11.8 Å². The van der Waals surface area contributed by atoms with Crippen molar-refractivity contribution < 1.29 is 9.59 Å². The van der Waals surface area contributed by atoms with Crippen molar-refractivity contribution >= 4 is 11.8 Å². The molecule has 0 aromatic heterocycles. The first-order valence-electron chi connectivity index (χ1n) is 9.19. The predicted molar refractivity (Wildman–Crippen MR) is 94.7 cm³/mol. The van der Waals surface area contributed by atoms with Crippen molar-refractivity contribution in [2.45, 2.75) is 51.5 Å². The van der Waals surface area contributed by atoms with Gasteiger partial charge >= 0.3 is 0 Å². The highest BCUT2D eigenvalue weighted by atomic mass is 16.2. The summed E-state index contributed by atoms with van der Waals surface area (Å²) in [6, 6.07) is 9.34. The Morgan fingerprint density at radius 1 is 1.08 bits per heavy atom. The van der Waals surface area contributed by atoms with Crippen molar-refractivity contribution in [3.8, 4) is 0 Å². The number of carbonyl (C=O) groups is 2. The van der Waals surface area contributed by atoms with Crippen LogP contribution in [-0.2, 0) is 4.79 Å². The third-order valence-corrected chi connectivity index (χ3v) is 5.56. The van der Waals surface area contributed by atoms with Crippen LogP contribution in [0.1, 0.15) is 56.3 Å². The average Bonchev–Trinajstić information content (AvgIpc) is 2.61. The SMILES string of the molecule is C[C@@H]1CCCN(C(=O)[C@@]2(C)CCCCN2C(=O)c2ccccc2)C1. The molecule has 4 nitrogen and oxygen atoms in total. The highest BCUT2D eigenvalue weighted by Gasteiger charge is 2.46. The number of piperidine rings is 2. The minimum atomic E-state index is -0.706. The number of hydrogen-bond donors (Lipinski definition) is 0. The average molecular weight is 328 g/mol. The summed E-state index contributed by atoms with van der Waals surface area (Å²) in [5, 5.41) is 0. The highest BCUT2D eigenvalue weighted by molar-refractivity contribution is 5.99. The van der Waals surface area contributed by atoms with Crippen molar-refractivity contribution in [3.05, 3.63) is 35.9 Å². The van der Waals surface area contributed by atoms with E-state index < -0.39 is 5.54 Å². The molecule has 2 aliphatic heterocycles. The number of hydrogen-bond acceptors (Lipinski definition) is 2. The smallest absolute Gasteiger partial charge is 0.254 e. The lowest BCUT2D eigenvalue weighted by Gasteiger charge is -2.47. The third-order valence-electron chi connectivity index (χ3n) is 5.56. The lowest BCUT2D eigenvalue weighted by atomic mass is 9.85. The van der Waals surface area contributed by atoms with Crippen molar-refractivity contribution in [2.75, 3.05) is 19.6 Å². The summed E-state index contributed by atoms with van der Waals surface area (Å²) in [6.45, 7) is 6.48. The molecule has 0 bridgehead atoms. The second kappa shape index (κ2) is 6.96. The van der Waals surface area contributed by atoms with Crippen molar-refractivity contribution in [3.63, 3.8) is 0 Å². The molecule has 2 atom stereocenters. The topological polar surface area (TPSA) is 40.6 Å². The summed E-state index contributed by atoms with van der Waals surface area (Å²) in [7, 11) is 0. The fraction of sp³-hybridized carbons (Fsp3) is 0.600. The summed E-state index contributed by atoms with van der Waals surface area (Å²) in [5.74, 6) is 0.669. The molecule has 2 aliphatic rings. The first-order valence-corrected chi connectivity index (χ1v) is 9.19. The molecule has 2 fully saturated rings. The normalized spacial score (nSPS) is 27.8. The van der Waals surface area contributed by atoms with Gasteiger partial charge in [0.15, 0.2) is 0 Å². The Labute approximate surface area is 144 Å². The molecule has 0 unspecified atom stereocenters. The Balaban J connectivity index is 1.84. The molecule has 0 spiro atoms. The van der Waals surface area contributed by atoms with Gasteiger partial charge < -0.3 is 9.80 Å². The number of rotatable bonds is 2. The highest BCUT2D eigenvalue weighted by Crippen LogP contribution is 2.32. The van der Waals surface area contributed by atoms with Gasteiger partial charge in [-0.1, -0.05) is 25.1 Å². The maximum Gasteiger partial charge on any atom is 0.254 e. The maximum absolute atomic E-state index is 13.3. The quantitative estimate of drug-likeness (QED) is 0.835. The Morgan fingerprint density at radius 3 is 2.54 bits per heavy atom. The predicted octanol–water partition coefficient (Wildman–Crippen LogP) is 3.33. The minimum absolute atomic E-state index is 0.0174. The molecule has 4 heteroatoms.